The Morgan fingerprint density at radius 2 is 1.65 bits per heavy atom. The molecule has 1 atom stereocenters. The van der Waals surface area contributed by atoms with Crippen LogP contribution in [0.3, 0.4) is 0 Å². The van der Waals surface area contributed by atoms with Crippen LogP contribution in [0.2, 0.25) is 0 Å². The van der Waals surface area contributed by atoms with E-state index < -0.39 is 28.7 Å². The average molecular weight is 352 g/mol. The van der Waals surface area contributed by atoms with Crippen LogP contribution in [0.5, 0.6) is 0 Å². The summed E-state index contributed by atoms with van der Waals surface area (Å²) in [6.45, 7) is 4.00. The van der Waals surface area contributed by atoms with Gasteiger partial charge in [0.25, 0.3) is 5.91 Å². The monoisotopic (exact) mass is 352 g/mol. The number of hydrogen-bond acceptors (Lipinski definition) is 3. The minimum absolute atomic E-state index is 0.0508. The van der Waals surface area contributed by atoms with Gasteiger partial charge in [-0.25, -0.2) is 13.1 Å². The summed E-state index contributed by atoms with van der Waals surface area (Å²) in [7, 11) is -3.74. The van der Waals surface area contributed by atoms with Gasteiger partial charge in [-0.15, -0.1) is 0 Å². The molecule has 0 saturated carbocycles. The van der Waals surface area contributed by atoms with Crippen molar-refractivity contribution in [2.75, 3.05) is 6.54 Å². The van der Waals surface area contributed by atoms with Crippen LogP contribution in [0.15, 0.2) is 29.2 Å². The Morgan fingerprint density at radius 3 is 2.09 bits per heavy atom. The molecular formula is C14H19F3N2O3S. The van der Waals surface area contributed by atoms with Crippen LogP contribution in [0, 0.1) is 5.92 Å². The van der Waals surface area contributed by atoms with E-state index in [4.69, 9.17) is 0 Å². The summed E-state index contributed by atoms with van der Waals surface area (Å²) in [6, 6.07) is 4.41. The fourth-order valence-corrected chi connectivity index (χ4v) is 2.91. The van der Waals surface area contributed by atoms with E-state index in [1.807, 2.05) is 13.8 Å². The molecule has 0 aliphatic carbocycles. The molecule has 23 heavy (non-hydrogen) atoms. The molecule has 0 aliphatic rings. The van der Waals surface area contributed by atoms with Crippen LogP contribution in [-0.4, -0.2) is 33.1 Å². The Labute approximate surface area is 133 Å². The Morgan fingerprint density at radius 1 is 1.13 bits per heavy atom. The summed E-state index contributed by atoms with van der Waals surface area (Å²) < 4.78 is 62.8. The van der Waals surface area contributed by atoms with Gasteiger partial charge in [-0.05, 0) is 37.1 Å². The zero-order valence-corrected chi connectivity index (χ0v) is 13.8. The van der Waals surface area contributed by atoms with Crippen LogP contribution in [0.25, 0.3) is 0 Å². The van der Waals surface area contributed by atoms with Gasteiger partial charge in [-0.3, -0.25) is 4.79 Å². The molecule has 1 aromatic carbocycles. The van der Waals surface area contributed by atoms with Crippen molar-refractivity contribution in [2.24, 2.45) is 5.92 Å². The van der Waals surface area contributed by atoms with E-state index in [-0.39, 0.29) is 22.4 Å². The number of alkyl halides is 3. The minimum Gasteiger partial charge on any atom is -0.343 e. The van der Waals surface area contributed by atoms with Crippen molar-refractivity contribution in [2.45, 2.75) is 37.9 Å². The van der Waals surface area contributed by atoms with Crippen molar-refractivity contribution in [1.82, 2.24) is 10.0 Å². The zero-order valence-electron chi connectivity index (χ0n) is 12.9. The SMILES string of the molecule is CC(C)[C@@H](C)NS(=O)(=O)c1ccc(C(=O)NCC(F)(F)F)cc1. The summed E-state index contributed by atoms with van der Waals surface area (Å²) in [6.07, 6.45) is -4.50. The third kappa shape index (κ3) is 6.19. The molecule has 0 spiro atoms. The predicted octanol–water partition coefficient (Wildman–Crippen LogP) is 2.30. The maximum atomic E-state index is 12.1. The second kappa shape index (κ2) is 7.31. The molecule has 130 valence electrons. The van der Waals surface area contributed by atoms with E-state index in [1.54, 1.807) is 12.2 Å². The number of amides is 1. The van der Waals surface area contributed by atoms with Crippen molar-refractivity contribution >= 4 is 15.9 Å². The van der Waals surface area contributed by atoms with E-state index >= 15 is 0 Å². The number of carbonyl (C=O) groups is 1. The van der Waals surface area contributed by atoms with Crippen molar-refractivity contribution < 1.29 is 26.4 Å². The molecule has 0 fully saturated rings. The first-order chi connectivity index (χ1) is 10.4. The topological polar surface area (TPSA) is 75.3 Å². The first-order valence-corrected chi connectivity index (χ1v) is 8.38. The average Bonchev–Trinajstić information content (AvgIpc) is 2.43. The van der Waals surface area contributed by atoms with Gasteiger partial charge in [-0.2, -0.15) is 13.2 Å². The number of benzene rings is 1. The standard InChI is InChI=1S/C14H19F3N2O3S/c1-9(2)10(3)19-23(21,22)12-6-4-11(5-7-12)13(20)18-8-14(15,16)17/h4-7,9-10,19H,8H2,1-3H3,(H,18,20)/t10-/m1/s1. The maximum Gasteiger partial charge on any atom is 0.405 e. The fraction of sp³-hybridized carbons (Fsp3) is 0.500. The quantitative estimate of drug-likeness (QED) is 0.825. The molecule has 1 aromatic rings. The number of hydrogen-bond donors (Lipinski definition) is 2. The van der Waals surface area contributed by atoms with Crippen molar-refractivity contribution in [1.29, 1.82) is 0 Å². The van der Waals surface area contributed by atoms with E-state index in [2.05, 4.69) is 4.72 Å². The van der Waals surface area contributed by atoms with Crippen molar-refractivity contribution in [3.05, 3.63) is 29.8 Å². The molecule has 0 saturated heterocycles. The summed E-state index contributed by atoms with van der Waals surface area (Å²) in [4.78, 5) is 11.5. The van der Waals surface area contributed by atoms with Gasteiger partial charge in [0.2, 0.25) is 10.0 Å². The third-order valence-electron chi connectivity index (χ3n) is 3.22. The van der Waals surface area contributed by atoms with Crippen LogP contribution in [0.1, 0.15) is 31.1 Å². The molecule has 9 heteroatoms. The molecule has 0 radical (unpaired) electrons. The molecule has 1 amide bonds. The normalized spacial score (nSPS) is 13.9. The molecule has 0 aromatic heterocycles. The number of halogens is 3. The van der Waals surface area contributed by atoms with Gasteiger partial charge in [0.1, 0.15) is 6.54 Å². The van der Waals surface area contributed by atoms with Crippen molar-refractivity contribution in [3.63, 3.8) is 0 Å². The largest absolute Gasteiger partial charge is 0.405 e. The van der Waals surface area contributed by atoms with E-state index in [0.29, 0.717) is 0 Å². The van der Waals surface area contributed by atoms with Crippen LogP contribution in [0.4, 0.5) is 13.2 Å². The first-order valence-electron chi connectivity index (χ1n) is 6.90. The van der Waals surface area contributed by atoms with Crippen LogP contribution < -0.4 is 10.0 Å². The van der Waals surface area contributed by atoms with Gasteiger partial charge in [0.05, 0.1) is 4.90 Å². The van der Waals surface area contributed by atoms with Gasteiger partial charge in [0.15, 0.2) is 0 Å². The Balaban J connectivity index is 2.82. The van der Waals surface area contributed by atoms with Gasteiger partial charge >= 0.3 is 6.18 Å². The molecule has 5 nitrogen and oxygen atoms in total. The van der Waals surface area contributed by atoms with Gasteiger partial charge < -0.3 is 5.32 Å². The van der Waals surface area contributed by atoms with Crippen molar-refractivity contribution in [3.8, 4) is 0 Å². The van der Waals surface area contributed by atoms with Crippen LogP contribution in [-0.2, 0) is 10.0 Å². The highest BCUT2D eigenvalue weighted by atomic mass is 32.2. The predicted molar refractivity (Wildman–Crippen MR) is 79.5 cm³/mol. The molecular weight excluding hydrogens is 333 g/mol. The molecule has 1 rings (SSSR count). The van der Waals surface area contributed by atoms with Gasteiger partial charge in [0, 0.05) is 11.6 Å². The minimum atomic E-state index is -4.50. The molecule has 0 aliphatic heterocycles. The second-order valence-corrected chi connectivity index (χ2v) is 7.19. The summed E-state index contributed by atoms with van der Waals surface area (Å²) >= 11 is 0. The Kier molecular flexibility index (Phi) is 6.18. The zero-order chi connectivity index (χ0) is 17.8. The molecule has 0 unspecified atom stereocenters. The molecule has 0 heterocycles. The Hall–Kier alpha value is -1.61. The third-order valence-corrected chi connectivity index (χ3v) is 4.79. The molecule has 2 N–H and O–H groups in total. The number of sulfonamides is 1. The maximum absolute atomic E-state index is 12.1. The fourth-order valence-electron chi connectivity index (χ4n) is 1.52. The lowest BCUT2D eigenvalue weighted by Gasteiger charge is -2.17. The highest BCUT2D eigenvalue weighted by Crippen LogP contribution is 2.15. The summed E-state index contributed by atoms with van der Waals surface area (Å²) in [5.74, 6) is -0.827. The van der Waals surface area contributed by atoms with E-state index in [1.165, 1.54) is 24.3 Å². The lowest BCUT2D eigenvalue weighted by molar-refractivity contribution is -0.123. The number of carbonyl (C=O) groups excluding carboxylic acids is 1. The second-order valence-electron chi connectivity index (χ2n) is 5.48. The lowest BCUT2D eigenvalue weighted by Crippen LogP contribution is -2.36. The highest BCUT2D eigenvalue weighted by molar-refractivity contribution is 7.89. The van der Waals surface area contributed by atoms with Crippen LogP contribution >= 0.6 is 0 Å². The van der Waals surface area contributed by atoms with Gasteiger partial charge in [-0.1, -0.05) is 13.8 Å². The highest BCUT2D eigenvalue weighted by Gasteiger charge is 2.28. The number of nitrogens with one attached hydrogen (secondary N) is 2. The van der Waals surface area contributed by atoms with E-state index in [0.717, 1.165) is 0 Å². The first kappa shape index (κ1) is 19.4. The van der Waals surface area contributed by atoms with E-state index in [9.17, 15) is 26.4 Å². The number of rotatable bonds is 6. The lowest BCUT2D eigenvalue weighted by atomic mass is 10.1. The smallest absolute Gasteiger partial charge is 0.343 e. The summed E-state index contributed by atoms with van der Waals surface area (Å²) in [5, 5.41) is 1.72. The Bertz CT molecular complexity index is 640. The molecule has 0 bridgehead atoms. The summed E-state index contributed by atoms with van der Waals surface area (Å²) in [5.41, 5.74) is -0.0508.